The minimum Gasteiger partial charge on any atom is -0.486 e. The van der Waals surface area contributed by atoms with Gasteiger partial charge >= 0.3 is 0 Å². The number of fused-ring (bicyclic) bond motifs is 1. The van der Waals surface area contributed by atoms with Crippen LogP contribution in [0.5, 0.6) is 11.5 Å². The predicted molar refractivity (Wildman–Crippen MR) is 74.8 cm³/mol. The number of nitrogens with two attached hydrogens (primary N) is 1. The van der Waals surface area contributed by atoms with Gasteiger partial charge in [0.05, 0.1) is 6.04 Å². The normalized spacial score (nSPS) is 15.0. The molecule has 1 unspecified atom stereocenters. The third kappa shape index (κ3) is 3.78. The number of thioether (sulfide) groups is 1. The number of amides is 1. The number of ether oxygens (including phenoxy) is 2. The molecule has 0 saturated heterocycles. The van der Waals surface area contributed by atoms with Crippen molar-refractivity contribution in [1.29, 1.82) is 0 Å². The summed E-state index contributed by atoms with van der Waals surface area (Å²) in [6.07, 6.45) is 0.699. The Hall–Kier alpha value is -1.40. The summed E-state index contributed by atoms with van der Waals surface area (Å²) in [7, 11) is 1.74. The van der Waals surface area contributed by atoms with Crippen LogP contribution in [0.2, 0.25) is 0 Å². The van der Waals surface area contributed by atoms with Gasteiger partial charge in [0.2, 0.25) is 5.91 Å². The molecule has 3 N–H and O–H groups in total. The van der Waals surface area contributed by atoms with E-state index in [0.29, 0.717) is 19.6 Å². The average molecular weight is 282 g/mol. The first-order chi connectivity index (χ1) is 9.20. The van der Waals surface area contributed by atoms with Gasteiger partial charge in [0.25, 0.3) is 0 Å². The molecule has 0 aromatic heterocycles. The van der Waals surface area contributed by atoms with E-state index < -0.39 is 0 Å². The maximum Gasteiger partial charge on any atom is 0.234 e. The number of hydrogen-bond donors (Lipinski definition) is 2. The molecule has 1 amide bonds. The van der Waals surface area contributed by atoms with E-state index in [1.54, 1.807) is 18.8 Å². The van der Waals surface area contributed by atoms with Gasteiger partial charge in [-0.2, -0.15) is 0 Å². The third-order valence-corrected chi connectivity index (χ3v) is 3.91. The number of benzene rings is 1. The summed E-state index contributed by atoms with van der Waals surface area (Å²) in [5.74, 6) is 2.08. The van der Waals surface area contributed by atoms with Crippen molar-refractivity contribution < 1.29 is 14.3 Å². The second-order valence-electron chi connectivity index (χ2n) is 4.19. The first kappa shape index (κ1) is 14.0. The molecule has 0 spiro atoms. The van der Waals surface area contributed by atoms with Crippen LogP contribution in [0.3, 0.4) is 0 Å². The quantitative estimate of drug-likeness (QED) is 0.762. The molecule has 0 radical (unpaired) electrons. The molecule has 5 nitrogen and oxygen atoms in total. The van der Waals surface area contributed by atoms with E-state index in [9.17, 15) is 4.79 Å². The van der Waals surface area contributed by atoms with Crippen molar-refractivity contribution in [3.05, 3.63) is 18.2 Å². The van der Waals surface area contributed by atoms with Gasteiger partial charge in [0.1, 0.15) is 13.2 Å². The molecule has 0 bridgehead atoms. The van der Waals surface area contributed by atoms with Crippen LogP contribution >= 0.6 is 11.8 Å². The fourth-order valence-corrected chi connectivity index (χ4v) is 2.78. The monoisotopic (exact) mass is 282 g/mol. The largest absolute Gasteiger partial charge is 0.486 e. The average Bonchev–Trinajstić information content (AvgIpc) is 2.43. The SMILES string of the molecule is CNC(CCSc1ccc2c(c1)OCCO2)C(N)=O. The standard InChI is InChI=1S/C13H18N2O3S/c1-15-10(13(14)16)4-7-19-9-2-3-11-12(8-9)18-6-5-17-11/h2-3,8,10,15H,4-7H2,1H3,(H2,14,16). The van der Waals surface area contributed by atoms with Gasteiger partial charge in [-0.3, -0.25) is 4.79 Å². The Kier molecular flexibility index (Phi) is 4.93. The second-order valence-corrected chi connectivity index (χ2v) is 5.35. The van der Waals surface area contributed by atoms with Crippen molar-refractivity contribution in [3.63, 3.8) is 0 Å². The van der Waals surface area contributed by atoms with Crippen molar-refractivity contribution in [3.8, 4) is 11.5 Å². The molecule has 1 atom stereocenters. The molecule has 1 aliphatic rings. The van der Waals surface area contributed by atoms with E-state index in [2.05, 4.69) is 5.32 Å². The number of nitrogens with one attached hydrogen (secondary N) is 1. The number of likely N-dealkylation sites (N-methyl/N-ethyl adjacent to an activating group) is 1. The van der Waals surface area contributed by atoms with E-state index in [1.807, 2.05) is 18.2 Å². The Balaban J connectivity index is 1.88. The fraction of sp³-hybridized carbons (Fsp3) is 0.462. The Morgan fingerprint density at radius 2 is 2.16 bits per heavy atom. The second kappa shape index (κ2) is 6.68. The van der Waals surface area contributed by atoms with Crippen molar-refractivity contribution >= 4 is 17.7 Å². The molecule has 0 fully saturated rings. The van der Waals surface area contributed by atoms with Crippen LogP contribution in [0.25, 0.3) is 0 Å². The highest BCUT2D eigenvalue weighted by molar-refractivity contribution is 7.99. The van der Waals surface area contributed by atoms with Gasteiger partial charge in [0, 0.05) is 4.90 Å². The van der Waals surface area contributed by atoms with Gasteiger partial charge in [-0.05, 0) is 37.4 Å². The van der Waals surface area contributed by atoms with Crippen LogP contribution < -0.4 is 20.5 Å². The summed E-state index contributed by atoms with van der Waals surface area (Å²) >= 11 is 1.67. The smallest absolute Gasteiger partial charge is 0.234 e. The molecule has 0 aliphatic carbocycles. The van der Waals surface area contributed by atoms with Gasteiger partial charge in [-0.15, -0.1) is 11.8 Å². The Morgan fingerprint density at radius 1 is 1.42 bits per heavy atom. The topological polar surface area (TPSA) is 73.6 Å². The van der Waals surface area contributed by atoms with E-state index in [1.165, 1.54) is 0 Å². The first-order valence-electron chi connectivity index (χ1n) is 6.19. The van der Waals surface area contributed by atoms with Crippen molar-refractivity contribution in [2.45, 2.75) is 17.4 Å². The van der Waals surface area contributed by atoms with Gasteiger partial charge < -0.3 is 20.5 Å². The summed E-state index contributed by atoms with van der Waals surface area (Å²) in [5.41, 5.74) is 5.27. The lowest BCUT2D eigenvalue weighted by Gasteiger charge is -2.18. The highest BCUT2D eigenvalue weighted by Gasteiger charge is 2.14. The molecule has 6 heteroatoms. The van der Waals surface area contributed by atoms with Gasteiger partial charge in [0.15, 0.2) is 11.5 Å². The highest BCUT2D eigenvalue weighted by Crippen LogP contribution is 2.34. The van der Waals surface area contributed by atoms with Crippen LogP contribution in [0.15, 0.2) is 23.1 Å². The lowest BCUT2D eigenvalue weighted by Crippen LogP contribution is -2.39. The molecular formula is C13H18N2O3S. The number of carbonyl (C=O) groups excluding carboxylic acids is 1. The third-order valence-electron chi connectivity index (χ3n) is 2.88. The van der Waals surface area contributed by atoms with Crippen LogP contribution in [0.4, 0.5) is 0 Å². The highest BCUT2D eigenvalue weighted by atomic mass is 32.2. The lowest BCUT2D eigenvalue weighted by atomic mass is 10.2. The number of carbonyl (C=O) groups is 1. The van der Waals surface area contributed by atoms with E-state index in [-0.39, 0.29) is 11.9 Å². The summed E-state index contributed by atoms with van der Waals surface area (Å²) in [5, 5.41) is 2.91. The fourth-order valence-electron chi connectivity index (χ4n) is 1.84. The first-order valence-corrected chi connectivity index (χ1v) is 7.18. The van der Waals surface area contributed by atoms with E-state index in [0.717, 1.165) is 22.1 Å². The molecule has 2 rings (SSSR count). The Morgan fingerprint density at radius 3 is 2.84 bits per heavy atom. The molecule has 1 aromatic carbocycles. The molecule has 19 heavy (non-hydrogen) atoms. The number of primary amides is 1. The van der Waals surface area contributed by atoms with Gasteiger partial charge in [-0.25, -0.2) is 0 Å². The predicted octanol–water partition coefficient (Wildman–Crippen LogP) is 1.01. The summed E-state index contributed by atoms with van der Waals surface area (Å²) in [6, 6.07) is 5.61. The zero-order valence-electron chi connectivity index (χ0n) is 10.8. The van der Waals surface area contributed by atoms with Crippen LogP contribution in [0.1, 0.15) is 6.42 Å². The number of hydrogen-bond acceptors (Lipinski definition) is 5. The van der Waals surface area contributed by atoms with Crippen LogP contribution in [0, 0.1) is 0 Å². The van der Waals surface area contributed by atoms with E-state index >= 15 is 0 Å². The van der Waals surface area contributed by atoms with E-state index in [4.69, 9.17) is 15.2 Å². The Bertz CT molecular complexity index is 454. The summed E-state index contributed by atoms with van der Waals surface area (Å²) in [6.45, 7) is 1.19. The molecule has 1 aromatic rings. The Labute approximate surface area is 116 Å². The van der Waals surface area contributed by atoms with Crippen LogP contribution in [-0.4, -0.2) is 38.0 Å². The molecule has 0 saturated carbocycles. The molecular weight excluding hydrogens is 264 g/mol. The molecule has 104 valence electrons. The zero-order valence-corrected chi connectivity index (χ0v) is 11.7. The maximum atomic E-state index is 11.1. The minimum absolute atomic E-state index is 0.273. The van der Waals surface area contributed by atoms with Crippen molar-refractivity contribution in [2.75, 3.05) is 26.0 Å². The lowest BCUT2D eigenvalue weighted by molar-refractivity contribution is -0.119. The van der Waals surface area contributed by atoms with Crippen LogP contribution in [-0.2, 0) is 4.79 Å². The maximum absolute atomic E-state index is 11.1. The van der Waals surface area contributed by atoms with Crippen molar-refractivity contribution in [1.82, 2.24) is 5.32 Å². The zero-order chi connectivity index (χ0) is 13.7. The molecule has 1 aliphatic heterocycles. The van der Waals surface area contributed by atoms with Gasteiger partial charge in [-0.1, -0.05) is 0 Å². The summed E-state index contributed by atoms with van der Waals surface area (Å²) < 4.78 is 11.0. The minimum atomic E-state index is -0.315. The number of rotatable bonds is 6. The summed E-state index contributed by atoms with van der Waals surface area (Å²) in [4.78, 5) is 12.2. The molecule has 1 heterocycles. The van der Waals surface area contributed by atoms with Crippen molar-refractivity contribution in [2.24, 2.45) is 5.73 Å².